The predicted molar refractivity (Wildman–Crippen MR) is 52.1 cm³/mol. The molecule has 7 heteroatoms. The van der Waals surface area contributed by atoms with Crippen molar-refractivity contribution in [3.63, 3.8) is 0 Å². The molecular weight excluding hydrogens is 254 g/mol. The maximum atomic E-state index is 12.0. The molecule has 0 atom stereocenters. The standard InChI is InChI=1S/C8H6Cl2F3NO/c9-3-4-6(15-8(11,12)13)2-1-5(10)7(4)14/h1-2H,3,14H2. The molecule has 0 spiro atoms. The van der Waals surface area contributed by atoms with Gasteiger partial charge in [-0.1, -0.05) is 11.6 Å². The molecule has 1 aromatic rings. The molecule has 84 valence electrons. The first-order valence-corrected chi connectivity index (χ1v) is 4.65. The van der Waals surface area contributed by atoms with Gasteiger partial charge in [0.05, 0.1) is 16.6 Å². The Labute approximate surface area is 93.7 Å². The van der Waals surface area contributed by atoms with Crippen molar-refractivity contribution < 1.29 is 17.9 Å². The zero-order chi connectivity index (χ0) is 11.6. The summed E-state index contributed by atoms with van der Waals surface area (Å²) >= 11 is 11.1. The van der Waals surface area contributed by atoms with Crippen molar-refractivity contribution in [1.29, 1.82) is 0 Å². The maximum Gasteiger partial charge on any atom is 0.573 e. The van der Waals surface area contributed by atoms with Crippen LogP contribution in [0.3, 0.4) is 0 Å². The summed E-state index contributed by atoms with van der Waals surface area (Å²) < 4.78 is 39.6. The van der Waals surface area contributed by atoms with Gasteiger partial charge < -0.3 is 10.5 Å². The zero-order valence-corrected chi connectivity index (χ0v) is 8.75. The maximum absolute atomic E-state index is 12.0. The lowest BCUT2D eigenvalue weighted by atomic mass is 10.2. The van der Waals surface area contributed by atoms with E-state index in [0.717, 1.165) is 6.07 Å². The van der Waals surface area contributed by atoms with Gasteiger partial charge in [-0.3, -0.25) is 0 Å². The Hall–Kier alpha value is -0.810. The van der Waals surface area contributed by atoms with Gasteiger partial charge in [0.1, 0.15) is 5.75 Å². The van der Waals surface area contributed by atoms with Gasteiger partial charge in [-0.15, -0.1) is 24.8 Å². The van der Waals surface area contributed by atoms with Gasteiger partial charge in [-0.25, -0.2) is 0 Å². The number of hydrogen-bond donors (Lipinski definition) is 1. The lowest BCUT2D eigenvalue weighted by molar-refractivity contribution is -0.274. The van der Waals surface area contributed by atoms with E-state index < -0.39 is 12.1 Å². The lowest BCUT2D eigenvalue weighted by Crippen LogP contribution is -2.18. The van der Waals surface area contributed by atoms with Crippen molar-refractivity contribution in [2.24, 2.45) is 0 Å². The number of benzene rings is 1. The molecule has 0 saturated carbocycles. The Morgan fingerprint density at radius 2 is 1.93 bits per heavy atom. The lowest BCUT2D eigenvalue weighted by Gasteiger charge is -2.14. The summed E-state index contributed by atoms with van der Waals surface area (Å²) in [6.45, 7) is 0. The summed E-state index contributed by atoms with van der Waals surface area (Å²) in [6, 6.07) is 2.29. The van der Waals surface area contributed by atoms with Crippen LogP contribution in [0.5, 0.6) is 5.75 Å². The summed E-state index contributed by atoms with van der Waals surface area (Å²) in [5, 5.41) is 0.139. The normalized spacial score (nSPS) is 11.5. The van der Waals surface area contributed by atoms with E-state index in [-0.39, 0.29) is 22.2 Å². The van der Waals surface area contributed by atoms with Crippen LogP contribution < -0.4 is 10.5 Å². The highest BCUT2D eigenvalue weighted by Gasteiger charge is 2.32. The minimum absolute atomic E-state index is 0.00610. The van der Waals surface area contributed by atoms with E-state index in [1.54, 1.807) is 0 Å². The average Bonchev–Trinajstić information content (AvgIpc) is 2.10. The molecule has 2 N–H and O–H groups in total. The molecule has 0 radical (unpaired) electrons. The third-order valence-corrected chi connectivity index (χ3v) is 2.22. The van der Waals surface area contributed by atoms with Crippen molar-refractivity contribution in [3.8, 4) is 5.75 Å². The molecule has 0 heterocycles. The highest BCUT2D eigenvalue weighted by molar-refractivity contribution is 6.33. The minimum atomic E-state index is -4.78. The fraction of sp³-hybridized carbons (Fsp3) is 0.250. The number of ether oxygens (including phenoxy) is 1. The van der Waals surface area contributed by atoms with Crippen LogP contribution in [0.15, 0.2) is 12.1 Å². The van der Waals surface area contributed by atoms with Crippen molar-refractivity contribution in [2.45, 2.75) is 12.2 Å². The molecule has 0 unspecified atom stereocenters. The Kier molecular flexibility index (Phi) is 3.57. The molecule has 1 rings (SSSR count). The van der Waals surface area contributed by atoms with E-state index in [4.69, 9.17) is 28.9 Å². The molecule has 0 bridgehead atoms. The molecule has 2 nitrogen and oxygen atoms in total. The second kappa shape index (κ2) is 4.37. The van der Waals surface area contributed by atoms with Gasteiger partial charge in [0.15, 0.2) is 0 Å². The van der Waals surface area contributed by atoms with Crippen LogP contribution in [0.2, 0.25) is 5.02 Å². The fourth-order valence-corrected chi connectivity index (χ4v) is 1.43. The Morgan fingerprint density at radius 3 is 2.40 bits per heavy atom. The van der Waals surface area contributed by atoms with Crippen LogP contribution in [0.4, 0.5) is 18.9 Å². The van der Waals surface area contributed by atoms with Crippen molar-refractivity contribution in [1.82, 2.24) is 0 Å². The van der Waals surface area contributed by atoms with Crippen molar-refractivity contribution in [2.75, 3.05) is 5.73 Å². The molecule has 0 aromatic heterocycles. The minimum Gasteiger partial charge on any atom is -0.405 e. The number of nitrogen functional groups attached to an aromatic ring is 1. The molecule has 0 amide bonds. The van der Waals surface area contributed by atoms with E-state index in [2.05, 4.69) is 4.74 Å². The predicted octanol–water partition coefficient (Wildman–Crippen LogP) is 3.56. The molecule has 0 fully saturated rings. The van der Waals surface area contributed by atoms with Crippen LogP contribution in [-0.4, -0.2) is 6.36 Å². The molecule has 0 saturated heterocycles. The third-order valence-electron chi connectivity index (χ3n) is 1.62. The number of halogens is 5. The smallest absolute Gasteiger partial charge is 0.405 e. The van der Waals surface area contributed by atoms with Crippen LogP contribution in [0, 0.1) is 0 Å². The number of alkyl halides is 4. The monoisotopic (exact) mass is 259 g/mol. The molecule has 0 aliphatic carbocycles. The van der Waals surface area contributed by atoms with Gasteiger partial charge in [0.25, 0.3) is 0 Å². The Balaban J connectivity index is 3.14. The molecule has 1 aromatic carbocycles. The van der Waals surface area contributed by atoms with Crippen LogP contribution in [-0.2, 0) is 5.88 Å². The first kappa shape index (κ1) is 12.3. The second-order valence-electron chi connectivity index (χ2n) is 2.62. The van der Waals surface area contributed by atoms with Gasteiger partial charge in [-0.2, -0.15) is 0 Å². The summed E-state index contributed by atoms with van der Waals surface area (Å²) in [5.74, 6) is -0.642. The van der Waals surface area contributed by atoms with E-state index in [9.17, 15) is 13.2 Å². The first-order valence-electron chi connectivity index (χ1n) is 3.73. The van der Waals surface area contributed by atoms with Gasteiger partial charge in [0, 0.05) is 5.56 Å². The topological polar surface area (TPSA) is 35.2 Å². The second-order valence-corrected chi connectivity index (χ2v) is 3.29. The fourth-order valence-electron chi connectivity index (χ4n) is 0.974. The number of nitrogens with two attached hydrogens (primary N) is 1. The van der Waals surface area contributed by atoms with Crippen LogP contribution in [0.25, 0.3) is 0 Å². The summed E-state index contributed by atoms with van der Waals surface area (Å²) in [5.41, 5.74) is 5.47. The Morgan fingerprint density at radius 1 is 1.33 bits per heavy atom. The summed E-state index contributed by atoms with van der Waals surface area (Å²) in [7, 11) is 0. The number of rotatable bonds is 2. The zero-order valence-electron chi connectivity index (χ0n) is 7.24. The number of anilines is 1. The third kappa shape index (κ3) is 3.07. The van der Waals surface area contributed by atoms with Crippen LogP contribution in [0.1, 0.15) is 5.56 Å². The van der Waals surface area contributed by atoms with Gasteiger partial charge in [0.2, 0.25) is 0 Å². The largest absolute Gasteiger partial charge is 0.573 e. The van der Waals surface area contributed by atoms with Gasteiger partial charge >= 0.3 is 6.36 Å². The molecular formula is C8H6Cl2F3NO. The average molecular weight is 260 g/mol. The SMILES string of the molecule is Nc1c(Cl)ccc(OC(F)(F)F)c1CCl. The van der Waals surface area contributed by atoms with E-state index in [1.165, 1.54) is 6.07 Å². The van der Waals surface area contributed by atoms with E-state index in [0.29, 0.717) is 0 Å². The highest BCUT2D eigenvalue weighted by atomic mass is 35.5. The quantitative estimate of drug-likeness (QED) is 0.651. The van der Waals surface area contributed by atoms with Crippen molar-refractivity contribution in [3.05, 3.63) is 22.7 Å². The van der Waals surface area contributed by atoms with Crippen molar-refractivity contribution >= 4 is 28.9 Å². The summed E-state index contributed by atoms with van der Waals surface area (Å²) in [4.78, 5) is 0. The molecule has 15 heavy (non-hydrogen) atoms. The first-order chi connectivity index (χ1) is 6.85. The molecule has 0 aliphatic heterocycles. The van der Waals surface area contributed by atoms with Crippen LogP contribution >= 0.6 is 23.2 Å². The highest BCUT2D eigenvalue weighted by Crippen LogP contribution is 2.35. The Bertz CT molecular complexity index is 368. The van der Waals surface area contributed by atoms with Gasteiger partial charge in [-0.05, 0) is 12.1 Å². The van der Waals surface area contributed by atoms with E-state index in [1.807, 2.05) is 0 Å². The number of hydrogen-bond acceptors (Lipinski definition) is 2. The summed E-state index contributed by atoms with van der Waals surface area (Å²) in [6.07, 6.45) is -4.78. The molecule has 0 aliphatic rings. The van der Waals surface area contributed by atoms with E-state index >= 15 is 0 Å².